The first-order valence-electron chi connectivity index (χ1n) is 11.3. The summed E-state index contributed by atoms with van der Waals surface area (Å²) < 4.78 is 8.73. The molecule has 3 aromatic rings. The molecule has 174 valence electrons. The van der Waals surface area contributed by atoms with Gasteiger partial charge in [-0.3, -0.25) is 19.1 Å². The minimum absolute atomic E-state index is 0.0646. The Labute approximate surface area is 186 Å². The standard InChI is InChI=1S/C23H33N5O4/c1-5-6-11-27-21-20(22(30)26-23(27)31)28(14-15(2)3)18(25-21)9-10-19(29)24-16(4)13-17-8-7-12-32-17/h7-8,12,15-16H,5-6,9-11,13-14H2,1-4H3,(H,24,29)(H,26,30,31). The fourth-order valence-corrected chi connectivity index (χ4v) is 3.85. The largest absolute Gasteiger partial charge is 0.469 e. The summed E-state index contributed by atoms with van der Waals surface area (Å²) >= 11 is 0. The van der Waals surface area contributed by atoms with Crippen molar-refractivity contribution >= 4 is 17.1 Å². The second kappa shape index (κ2) is 10.5. The number of amides is 1. The van der Waals surface area contributed by atoms with Gasteiger partial charge >= 0.3 is 5.69 Å². The minimum atomic E-state index is -0.443. The normalized spacial score (nSPS) is 12.5. The number of carbonyl (C=O) groups excluding carboxylic acids is 1. The van der Waals surface area contributed by atoms with E-state index in [4.69, 9.17) is 4.42 Å². The highest BCUT2D eigenvalue weighted by molar-refractivity contribution is 5.77. The van der Waals surface area contributed by atoms with E-state index in [0.717, 1.165) is 18.6 Å². The molecule has 0 bridgehead atoms. The van der Waals surface area contributed by atoms with Gasteiger partial charge in [0.05, 0.1) is 6.26 Å². The molecule has 0 aliphatic heterocycles. The first kappa shape index (κ1) is 23.6. The Morgan fingerprint density at radius 1 is 1.25 bits per heavy atom. The van der Waals surface area contributed by atoms with E-state index < -0.39 is 11.2 Å². The Hall–Kier alpha value is -3.10. The van der Waals surface area contributed by atoms with Crippen LogP contribution in [0.5, 0.6) is 0 Å². The summed E-state index contributed by atoms with van der Waals surface area (Å²) in [7, 11) is 0. The van der Waals surface area contributed by atoms with Gasteiger partial charge in [-0.25, -0.2) is 9.78 Å². The maximum atomic E-state index is 12.7. The first-order chi connectivity index (χ1) is 15.3. The van der Waals surface area contributed by atoms with Crippen LogP contribution in [-0.4, -0.2) is 31.1 Å². The third-order valence-corrected chi connectivity index (χ3v) is 5.32. The van der Waals surface area contributed by atoms with E-state index in [2.05, 4.69) is 29.1 Å². The smallest absolute Gasteiger partial charge is 0.330 e. The van der Waals surface area contributed by atoms with Crippen molar-refractivity contribution in [2.45, 2.75) is 78.9 Å². The van der Waals surface area contributed by atoms with Crippen LogP contribution in [0.15, 0.2) is 32.4 Å². The van der Waals surface area contributed by atoms with Crippen molar-refractivity contribution in [3.8, 4) is 0 Å². The summed E-state index contributed by atoms with van der Waals surface area (Å²) in [6, 6.07) is 3.64. The predicted molar refractivity (Wildman–Crippen MR) is 123 cm³/mol. The van der Waals surface area contributed by atoms with Gasteiger partial charge in [0, 0.05) is 38.4 Å². The molecule has 0 saturated heterocycles. The predicted octanol–water partition coefficient (Wildman–Crippen LogP) is 2.62. The second-order valence-electron chi connectivity index (χ2n) is 8.72. The number of aromatic amines is 1. The van der Waals surface area contributed by atoms with Crippen LogP contribution in [0.1, 0.15) is 58.5 Å². The number of fused-ring (bicyclic) bond motifs is 1. The van der Waals surface area contributed by atoms with Gasteiger partial charge in [0.1, 0.15) is 11.6 Å². The van der Waals surface area contributed by atoms with Crippen molar-refractivity contribution in [2.24, 2.45) is 5.92 Å². The average Bonchev–Trinajstić information content (AvgIpc) is 3.34. The molecule has 3 heterocycles. The van der Waals surface area contributed by atoms with E-state index in [1.54, 1.807) is 6.26 Å². The van der Waals surface area contributed by atoms with Crippen LogP contribution in [-0.2, 0) is 30.7 Å². The maximum absolute atomic E-state index is 12.7. The first-order valence-corrected chi connectivity index (χ1v) is 11.3. The molecule has 1 unspecified atom stereocenters. The molecule has 0 radical (unpaired) electrons. The fraction of sp³-hybridized carbons (Fsp3) is 0.565. The van der Waals surface area contributed by atoms with E-state index in [0.29, 0.717) is 42.9 Å². The van der Waals surface area contributed by atoms with E-state index >= 15 is 0 Å². The van der Waals surface area contributed by atoms with Crippen LogP contribution in [0.2, 0.25) is 0 Å². The molecule has 0 saturated carbocycles. The summed E-state index contributed by atoms with van der Waals surface area (Å²) in [5.41, 5.74) is -0.0831. The SMILES string of the molecule is CCCCn1c(=O)[nH]c(=O)c2c1nc(CCC(=O)NC(C)Cc1ccco1)n2CC(C)C. The highest BCUT2D eigenvalue weighted by atomic mass is 16.3. The van der Waals surface area contributed by atoms with Crippen molar-refractivity contribution in [3.63, 3.8) is 0 Å². The lowest BCUT2D eigenvalue weighted by Crippen LogP contribution is -2.34. The third-order valence-electron chi connectivity index (χ3n) is 5.32. The Kier molecular flexibility index (Phi) is 7.71. The molecule has 1 atom stereocenters. The zero-order chi connectivity index (χ0) is 23.3. The Morgan fingerprint density at radius 3 is 2.69 bits per heavy atom. The van der Waals surface area contributed by atoms with Gasteiger partial charge < -0.3 is 14.3 Å². The number of hydrogen-bond acceptors (Lipinski definition) is 5. The fourth-order valence-electron chi connectivity index (χ4n) is 3.85. The number of rotatable bonds is 11. The topological polar surface area (TPSA) is 115 Å². The number of H-pyrrole nitrogens is 1. The Morgan fingerprint density at radius 2 is 2.03 bits per heavy atom. The van der Waals surface area contributed by atoms with Crippen molar-refractivity contribution in [2.75, 3.05) is 0 Å². The van der Waals surface area contributed by atoms with Crippen LogP contribution in [0.4, 0.5) is 0 Å². The summed E-state index contributed by atoms with van der Waals surface area (Å²) in [6.45, 7) is 9.16. The second-order valence-corrected chi connectivity index (χ2v) is 8.72. The molecule has 1 amide bonds. The molecule has 0 spiro atoms. The van der Waals surface area contributed by atoms with Crippen molar-refractivity contribution in [3.05, 3.63) is 50.8 Å². The van der Waals surface area contributed by atoms with Crippen LogP contribution in [0.25, 0.3) is 11.2 Å². The number of unbranched alkanes of at least 4 members (excludes halogenated alkanes) is 1. The molecular weight excluding hydrogens is 410 g/mol. The van der Waals surface area contributed by atoms with Crippen LogP contribution in [0.3, 0.4) is 0 Å². The number of hydrogen-bond donors (Lipinski definition) is 2. The summed E-state index contributed by atoms with van der Waals surface area (Å²) in [4.78, 5) is 44.7. The molecule has 3 rings (SSSR count). The van der Waals surface area contributed by atoms with Crippen molar-refractivity contribution in [1.29, 1.82) is 0 Å². The highest BCUT2D eigenvalue weighted by Gasteiger charge is 2.20. The van der Waals surface area contributed by atoms with E-state index in [-0.39, 0.29) is 24.3 Å². The van der Waals surface area contributed by atoms with Gasteiger partial charge in [-0.05, 0) is 31.4 Å². The van der Waals surface area contributed by atoms with E-state index in [9.17, 15) is 14.4 Å². The zero-order valence-corrected chi connectivity index (χ0v) is 19.3. The number of aromatic nitrogens is 4. The maximum Gasteiger partial charge on any atom is 0.330 e. The molecule has 0 aromatic carbocycles. The number of nitrogens with zero attached hydrogens (tertiary/aromatic N) is 3. The van der Waals surface area contributed by atoms with Crippen LogP contribution in [0, 0.1) is 5.92 Å². The van der Waals surface area contributed by atoms with Gasteiger partial charge in [-0.1, -0.05) is 27.2 Å². The number of aryl methyl sites for hydroxylation is 2. The van der Waals surface area contributed by atoms with E-state index in [1.165, 1.54) is 4.57 Å². The molecular formula is C23H33N5O4. The monoisotopic (exact) mass is 443 g/mol. The van der Waals surface area contributed by atoms with E-state index in [1.807, 2.05) is 30.5 Å². The molecule has 0 aliphatic carbocycles. The molecule has 9 nitrogen and oxygen atoms in total. The molecule has 0 aliphatic rings. The minimum Gasteiger partial charge on any atom is -0.469 e. The number of furan rings is 1. The molecule has 9 heteroatoms. The lowest BCUT2D eigenvalue weighted by molar-refractivity contribution is -0.121. The molecule has 3 aromatic heterocycles. The number of carbonyl (C=O) groups is 1. The van der Waals surface area contributed by atoms with Gasteiger partial charge in [-0.2, -0.15) is 0 Å². The van der Waals surface area contributed by atoms with Gasteiger partial charge in [0.15, 0.2) is 11.2 Å². The van der Waals surface area contributed by atoms with Crippen LogP contribution >= 0.6 is 0 Å². The Bertz CT molecular complexity index is 1150. The van der Waals surface area contributed by atoms with Crippen molar-refractivity contribution in [1.82, 2.24) is 24.4 Å². The highest BCUT2D eigenvalue weighted by Crippen LogP contribution is 2.16. The Balaban J connectivity index is 1.83. The summed E-state index contributed by atoms with van der Waals surface area (Å²) in [6.07, 6.45) is 4.57. The quantitative estimate of drug-likeness (QED) is 0.473. The van der Waals surface area contributed by atoms with Gasteiger partial charge in [-0.15, -0.1) is 0 Å². The molecule has 32 heavy (non-hydrogen) atoms. The van der Waals surface area contributed by atoms with Gasteiger partial charge in [0.25, 0.3) is 5.56 Å². The van der Waals surface area contributed by atoms with Gasteiger partial charge in [0.2, 0.25) is 5.91 Å². The third kappa shape index (κ3) is 5.57. The summed E-state index contributed by atoms with van der Waals surface area (Å²) in [5, 5.41) is 2.98. The number of nitrogens with one attached hydrogen (secondary N) is 2. The lowest BCUT2D eigenvalue weighted by Gasteiger charge is -2.14. The van der Waals surface area contributed by atoms with Crippen LogP contribution < -0.4 is 16.6 Å². The summed E-state index contributed by atoms with van der Waals surface area (Å²) in [5.74, 6) is 1.64. The van der Waals surface area contributed by atoms with Crippen molar-refractivity contribution < 1.29 is 9.21 Å². The number of imidazole rings is 1. The molecule has 2 N–H and O–H groups in total. The molecule has 0 fully saturated rings. The average molecular weight is 444 g/mol. The lowest BCUT2D eigenvalue weighted by atomic mass is 10.2. The zero-order valence-electron chi connectivity index (χ0n) is 19.3.